The van der Waals surface area contributed by atoms with Gasteiger partial charge in [-0.05, 0) is 18.6 Å². The van der Waals surface area contributed by atoms with E-state index in [1.807, 2.05) is 6.20 Å². The molecule has 0 unspecified atom stereocenters. The Balaban J connectivity index is 2.52. The minimum absolute atomic E-state index is 0.985. The van der Waals surface area contributed by atoms with Gasteiger partial charge in [-0.1, -0.05) is 25.1 Å². The van der Waals surface area contributed by atoms with Crippen molar-refractivity contribution in [2.24, 2.45) is 7.05 Å². The molecule has 1 aromatic carbocycles. The Morgan fingerprint density at radius 1 is 1.12 bits per heavy atom. The zero-order valence-corrected chi connectivity index (χ0v) is 9.57. The first kappa shape index (κ1) is 9.40. The van der Waals surface area contributed by atoms with Crippen molar-refractivity contribution >= 4 is 21.8 Å². The third kappa shape index (κ3) is 1.16. The predicted octanol–water partition coefficient (Wildman–Crippen LogP) is 3.29. The van der Waals surface area contributed by atoms with Crippen LogP contribution in [0.4, 0.5) is 0 Å². The van der Waals surface area contributed by atoms with Crippen molar-refractivity contribution in [1.29, 1.82) is 0 Å². The quantitative estimate of drug-likeness (QED) is 0.602. The number of para-hydroxylation sites is 1. The average Bonchev–Trinajstić information content (AvgIpc) is 2.64. The first-order valence-electron chi connectivity index (χ1n) is 5.63. The fourth-order valence-electron chi connectivity index (χ4n) is 2.29. The van der Waals surface area contributed by atoms with Gasteiger partial charge >= 0.3 is 0 Å². The summed E-state index contributed by atoms with van der Waals surface area (Å²) >= 11 is 0. The van der Waals surface area contributed by atoms with Crippen LogP contribution < -0.4 is 0 Å². The highest BCUT2D eigenvalue weighted by Crippen LogP contribution is 2.27. The molecule has 16 heavy (non-hydrogen) atoms. The monoisotopic (exact) mass is 210 g/mol. The second kappa shape index (κ2) is 3.34. The molecule has 0 bridgehead atoms. The van der Waals surface area contributed by atoms with Crippen LogP contribution in [-0.2, 0) is 13.5 Å². The third-order valence-electron chi connectivity index (χ3n) is 3.22. The van der Waals surface area contributed by atoms with Gasteiger partial charge in [0.15, 0.2) is 0 Å². The highest BCUT2D eigenvalue weighted by molar-refractivity contribution is 6.07. The second-order valence-corrected chi connectivity index (χ2v) is 4.12. The van der Waals surface area contributed by atoms with Crippen LogP contribution in [0.1, 0.15) is 12.6 Å². The lowest BCUT2D eigenvalue weighted by molar-refractivity contribution is 0.994. The molecular formula is C14H14N2. The molecule has 0 saturated carbocycles. The molecule has 2 nitrogen and oxygen atoms in total. The summed E-state index contributed by atoms with van der Waals surface area (Å²) in [5.41, 5.74) is 3.63. The van der Waals surface area contributed by atoms with Crippen LogP contribution >= 0.6 is 0 Å². The SMILES string of the molecule is CCc1cc2c3ccccc3n(C)c2cn1. The predicted molar refractivity (Wildman–Crippen MR) is 67.6 cm³/mol. The van der Waals surface area contributed by atoms with Crippen molar-refractivity contribution in [2.45, 2.75) is 13.3 Å². The van der Waals surface area contributed by atoms with Gasteiger partial charge in [-0.3, -0.25) is 4.98 Å². The van der Waals surface area contributed by atoms with Gasteiger partial charge in [0.25, 0.3) is 0 Å². The summed E-state index contributed by atoms with van der Waals surface area (Å²) in [6.45, 7) is 2.14. The molecule has 0 radical (unpaired) electrons. The first-order valence-corrected chi connectivity index (χ1v) is 5.63. The van der Waals surface area contributed by atoms with Crippen molar-refractivity contribution in [1.82, 2.24) is 9.55 Å². The van der Waals surface area contributed by atoms with E-state index in [9.17, 15) is 0 Å². The molecule has 0 saturated heterocycles. The maximum Gasteiger partial charge on any atom is 0.0675 e. The van der Waals surface area contributed by atoms with Crippen LogP contribution in [0, 0.1) is 0 Å². The summed E-state index contributed by atoms with van der Waals surface area (Å²) in [6, 6.07) is 10.7. The molecule has 0 aliphatic heterocycles. The van der Waals surface area contributed by atoms with E-state index in [0.29, 0.717) is 0 Å². The molecule has 0 spiro atoms. The number of pyridine rings is 1. The van der Waals surface area contributed by atoms with Gasteiger partial charge in [-0.2, -0.15) is 0 Å². The minimum atomic E-state index is 0.985. The lowest BCUT2D eigenvalue weighted by Crippen LogP contribution is -1.89. The summed E-state index contributed by atoms with van der Waals surface area (Å²) < 4.78 is 2.21. The van der Waals surface area contributed by atoms with E-state index >= 15 is 0 Å². The van der Waals surface area contributed by atoms with Crippen LogP contribution in [0.15, 0.2) is 36.5 Å². The van der Waals surface area contributed by atoms with E-state index < -0.39 is 0 Å². The van der Waals surface area contributed by atoms with E-state index in [-0.39, 0.29) is 0 Å². The van der Waals surface area contributed by atoms with E-state index in [1.165, 1.54) is 21.8 Å². The lowest BCUT2D eigenvalue weighted by atomic mass is 10.1. The Hall–Kier alpha value is -1.83. The van der Waals surface area contributed by atoms with E-state index in [1.54, 1.807) is 0 Å². The molecule has 2 aromatic heterocycles. The second-order valence-electron chi connectivity index (χ2n) is 4.12. The number of fused-ring (bicyclic) bond motifs is 3. The van der Waals surface area contributed by atoms with Crippen LogP contribution in [0.25, 0.3) is 21.8 Å². The minimum Gasteiger partial charge on any atom is -0.342 e. The van der Waals surface area contributed by atoms with Crippen molar-refractivity contribution in [2.75, 3.05) is 0 Å². The van der Waals surface area contributed by atoms with Crippen LogP contribution in [0.3, 0.4) is 0 Å². The normalized spacial score (nSPS) is 11.4. The lowest BCUT2D eigenvalue weighted by Gasteiger charge is -1.98. The van der Waals surface area contributed by atoms with E-state index in [2.05, 4.69) is 53.9 Å². The fraction of sp³-hybridized carbons (Fsp3) is 0.214. The van der Waals surface area contributed by atoms with Crippen LogP contribution in [0.5, 0.6) is 0 Å². The molecule has 2 heteroatoms. The molecule has 0 aliphatic carbocycles. The molecule has 0 fully saturated rings. The Morgan fingerprint density at radius 2 is 1.94 bits per heavy atom. The number of hydrogen-bond donors (Lipinski definition) is 0. The number of benzene rings is 1. The summed E-state index contributed by atoms with van der Waals surface area (Å²) in [5, 5.41) is 2.63. The summed E-state index contributed by atoms with van der Waals surface area (Å²) in [7, 11) is 2.10. The maximum absolute atomic E-state index is 4.46. The van der Waals surface area contributed by atoms with E-state index in [4.69, 9.17) is 0 Å². The Bertz CT molecular complexity index is 665. The van der Waals surface area contributed by atoms with Crippen LogP contribution in [-0.4, -0.2) is 9.55 Å². The number of hydrogen-bond acceptors (Lipinski definition) is 1. The van der Waals surface area contributed by atoms with Gasteiger partial charge in [0.05, 0.1) is 11.7 Å². The Kier molecular flexibility index (Phi) is 1.96. The largest absolute Gasteiger partial charge is 0.342 e. The van der Waals surface area contributed by atoms with E-state index in [0.717, 1.165) is 12.1 Å². The van der Waals surface area contributed by atoms with Gasteiger partial charge < -0.3 is 4.57 Å². The first-order chi connectivity index (χ1) is 7.81. The van der Waals surface area contributed by atoms with Gasteiger partial charge in [0, 0.05) is 29.0 Å². The van der Waals surface area contributed by atoms with Gasteiger partial charge in [-0.25, -0.2) is 0 Å². The standard InChI is InChI=1S/C14H14N2/c1-3-10-8-12-11-6-4-5-7-13(11)16(2)14(12)9-15-10/h4-9H,3H2,1-2H3. The van der Waals surface area contributed by atoms with Crippen LogP contribution in [0.2, 0.25) is 0 Å². The molecular weight excluding hydrogens is 196 g/mol. The molecule has 0 atom stereocenters. The average molecular weight is 210 g/mol. The number of aryl methyl sites for hydroxylation is 2. The van der Waals surface area contributed by atoms with Crippen molar-refractivity contribution in [3.05, 3.63) is 42.2 Å². The number of aromatic nitrogens is 2. The van der Waals surface area contributed by atoms with Gasteiger partial charge in [0.2, 0.25) is 0 Å². The summed E-state index contributed by atoms with van der Waals surface area (Å²) in [5.74, 6) is 0. The zero-order valence-electron chi connectivity index (χ0n) is 9.57. The highest BCUT2D eigenvalue weighted by atomic mass is 14.9. The molecule has 0 aliphatic rings. The number of nitrogens with zero attached hydrogens (tertiary/aromatic N) is 2. The summed E-state index contributed by atoms with van der Waals surface area (Å²) in [4.78, 5) is 4.46. The molecule has 0 N–H and O–H groups in total. The highest BCUT2D eigenvalue weighted by Gasteiger charge is 2.07. The Labute approximate surface area is 94.5 Å². The molecule has 3 rings (SSSR count). The molecule has 2 heterocycles. The smallest absolute Gasteiger partial charge is 0.0675 e. The van der Waals surface area contributed by atoms with Gasteiger partial charge in [-0.15, -0.1) is 0 Å². The number of rotatable bonds is 1. The molecule has 3 aromatic rings. The van der Waals surface area contributed by atoms with Crippen molar-refractivity contribution < 1.29 is 0 Å². The molecule has 80 valence electrons. The Morgan fingerprint density at radius 3 is 2.75 bits per heavy atom. The van der Waals surface area contributed by atoms with Crippen molar-refractivity contribution in [3.63, 3.8) is 0 Å². The maximum atomic E-state index is 4.46. The third-order valence-corrected chi connectivity index (χ3v) is 3.22. The van der Waals surface area contributed by atoms with Gasteiger partial charge in [0.1, 0.15) is 0 Å². The fourth-order valence-corrected chi connectivity index (χ4v) is 2.29. The topological polar surface area (TPSA) is 17.8 Å². The van der Waals surface area contributed by atoms with Crippen molar-refractivity contribution in [3.8, 4) is 0 Å². The summed E-state index contributed by atoms with van der Waals surface area (Å²) in [6.07, 6.45) is 2.97. The zero-order chi connectivity index (χ0) is 11.1. The molecule has 0 amide bonds.